The van der Waals surface area contributed by atoms with Crippen LogP contribution in [0.2, 0.25) is 0 Å². The summed E-state index contributed by atoms with van der Waals surface area (Å²) in [6.45, 7) is 12.3. The van der Waals surface area contributed by atoms with Gasteiger partial charge in [0.15, 0.2) is 0 Å². The van der Waals surface area contributed by atoms with E-state index < -0.39 is 0 Å². The molecule has 1 aromatic carbocycles. The van der Waals surface area contributed by atoms with Crippen LogP contribution in [0, 0.1) is 20.8 Å². The van der Waals surface area contributed by atoms with Crippen LogP contribution in [-0.4, -0.2) is 12.1 Å². The molecule has 0 radical (unpaired) electrons. The highest BCUT2D eigenvalue weighted by Crippen LogP contribution is 2.16. The first kappa shape index (κ1) is 13.2. The zero-order chi connectivity index (χ0) is 12.3. The smallest absolute Gasteiger partial charge is 0.0223 e. The van der Waals surface area contributed by atoms with Crippen LogP contribution in [0.1, 0.15) is 36.1 Å². The number of hydrogen-bond acceptors (Lipinski definition) is 2. The second kappa shape index (κ2) is 4.98. The Bertz CT molecular complexity index is 338. The minimum atomic E-state index is -0.146. The number of nitrogens with one attached hydrogen (secondary N) is 1. The maximum Gasteiger partial charge on any atom is 0.0223 e. The molecule has 1 aromatic rings. The Morgan fingerprint density at radius 1 is 1.12 bits per heavy atom. The fraction of sp³-hybridized carbons (Fsp3) is 0.571. The molecule has 90 valence electrons. The van der Waals surface area contributed by atoms with Crippen molar-refractivity contribution in [1.29, 1.82) is 0 Å². The van der Waals surface area contributed by atoms with Crippen molar-refractivity contribution in [1.82, 2.24) is 5.32 Å². The van der Waals surface area contributed by atoms with E-state index in [2.05, 4.69) is 38.2 Å². The van der Waals surface area contributed by atoms with Crippen LogP contribution in [0.15, 0.2) is 12.1 Å². The van der Waals surface area contributed by atoms with Crippen molar-refractivity contribution in [3.05, 3.63) is 34.4 Å². The average Bonchev–Trinajstić information content (AvgIpc) is 2.07. The molecule has 0 unspecified atom stereocenters. The first-order valence-electron chi connectivity index (χ1n) is 5.86. The second-order valence-electron chi connectivity index (χ2n) is 5.47. The van der Waals surface area contributed by atoms with E-state index in [1.165, 1.54) is 22.3 Å². The Morgan fingerprint density at radius 3 is 2.06 bits per heavy atom. The molecule has 0 saturated carbocycles. The summed E-state index contributed by atoms with van der Waals surface area (Å²) in [5.41, 5.74) is 11.2. The fourth-order valence-corrected chi connectivity index (χ4v) is 2.00. The van der Waals surface area contributed by atoms with Gasteiger partial charge >= 0.3 is 0 Å². The van der Waals surface area contributed by atoms with Gasteiger partial charge in [0.05, 0.1) is 0 Å². The Morgan fingerprint density at radius 2 is 1.62 bits per heavy atom. The molecule has 0 fully saturated rings. The third kappa shape index (κ3) is 3.95. The lowest BCUT2D eigenvalue weighted by atomic mass is 9.99. The number of aryl methyl sites for hydroxylation is 3. The molecular weight excluding hydrogens is 196 g/mol. The monoisotopic (exact) mass is 220 g/mol. The van der Waals surface area contributed by atoms with Crippen molar-refractivity contribution in [2.75, 3.05) is 6.54 Å². The highest BCUT2D eigenvalue weighted by atomic mass is 14.9. The average molecular weight is 220 g/mol. The zero-order valence-corrected chi connectivity index (χ0v) is 11.1. The molecule has 1 rings (SSSR count). The topological polar surface area (TPSA) is 38.0 Å². The maximum atomic E-state index is 5.94. The van der Waals surface area contributed by atoms with Crippen molar-refractivity contribution in [3.63, 3.8) is 0 Å². The summed E-state index contributed by atoms with van der Waals surface area (Å²) in [5.74, 6) is 0. The largest absolute Gasteiger partial charge is 0.324 e. The third-order valence-corrected chi connectivity index (χ3v) is 2.72. The van der Waals surface area contributed by atoms with Crippen LogP contribution in [-0.2, 0) is 6.54 Å². The maximum absolute atomic E-state index is 5.94. The van der Waals surface area contributed by atoms with Gasteiger partial charge in [0.25, 0.3) is 0 Å². The van der Waals surface area contributed by atoms with E-state index in [0.717, 1.165) is 13.1 Å². The van der Waals surface area contributed by atoms with Gasteiger partial charge in [-0.05, 0) is 51.3 Å². The van der Waals surface area contributed by atoms with E-state index in [1.54, 1.807) is 0 Å². The van der Waals surface area contributed by atoms with Gasteiger partial charge in [0.2, 0.25) is 0 Å². The van der Waals surface area contributed by atoms with Crippen LogP contribution in [0.4, 0.5) is 0 Å². The molecule has 0 spiro atoms. The molecule has 2 heteroatoms. The summed E-state index contributed by atoms with van der Waals surface area (Å²) in [6, 6.07) is 4.47. The number of hydrogen-bond donors (Lipinski definition) is 2. The second-order valence-corrected chi connectivity index (χ2v) is 5.47. The van der Waals surface area contributed by atoms with Crippen LogP contribution < -0.4 is 11.1 Å². The first-order chi connectivity index (χ1) is 7.29. The summed E-state index contributed by atoms with van der Waals surface area (Å²) < 4.78 is 0. The lowest BCUT2D eigenvalue weighted by Gasteiger charge is -2.20. The van der Waals surface area contributed by atoms with Crippen LogP contribution in [0.25, 0.3) is 0 Å². The lowest BCUT2D eigenvalue weighted by Crippen LogP contribution is -2.42. The van der Waals surface area contributed by atoms with Crippen molar-refractivity contribution >= 4 is 0 Å². The first-order valence-corrected chi connectivity index (χ1v) is 5.86. The summed E-state index contributed by atoms with van der Waals surface area (Å²) in [5, 5.41) is 3.42. The van der Waals surface area contributed by atoms with E-state index in [1.807, 2.05) is 13.8 Å². The van der Waals surface area contributed by atoms with E-state index in [-0.39, 0.29) is 5.54 Å². The van der Waals surface area contributed by atoms with Gasteiger partial charge in [0.1, 0.15) is 0 Å². The zero-order valence-electron chi connectivity index (χ0n) is 11.1. The van der Waals surface area contributed by atoms with E-state index in [0.29, 0.717) is 0 Å². The highest BCUT2D eigenvalue weighted by Gasteiger charge is 2.10. The number of rotatable bonds is 4. The molecule has 2 nitrogen and oxygen atoms in total. The number of nitrogens with two attached hydrogens (primary N) is 1. The van der Waals surface area contributed by atoms with Gasteiger partial charge in [-0.25, -0.2) is 0 Å². The van der Waals surface area contributed by atoms with Crippen molar-refractivity contribution in [2.24, 2.45) is 5.73 Å². The summed E-state index contributed by atoms with van der Waals surface area (Å²) >= 11 is 0. The van der Waals surface area contributed by atoms with Gasteiger partial charge in [-0.3, -0.25) is 0 Å². The van der Waals surface area contributed by atoms with Crippen molar-refractivity contribution < 1.29 is 0 Å². The van der Waals surface area contributed by atoms with Crippen LogP contribution >= 0.6 is 0 Å². The van der Waals surface area contributed by atoms with E-state index in [9.17, 15) is 0 Å². The van der Waals surface area contributed by atoms with Crippen molar-refractivity contribution in [3.8, 4) is 0 Å². The molecule has 16 heavy (non-hydrogen) atoms. The summed E-state index contributed by atoms with van der Waals surface area (Å²) in [6.07, 6.45) is 0. The molecule has 0 aliphatic rings. The Hall–Kier alpha value is -0.860. The lowest BCUT2D eigenvalue weighted by molar-refractivity contribution is 0.466. The molecule has 0 atom stereocenters. The molecular formula is C14H24N2. The molecule has 0 aliphatic heterocycles. The standard InChI is InChI=1S/C14H24N2/c1-10-6-11(2)13(12(3)7-10)8-16-9-14(4,5)15/h6-7,16H,8-9,15H2,1-5H3. The van der Waals surface area contributed by atoms with Gasteiger partial charge in [-0.15, -0.1) is 0 Å². The Kier molecular flexibility index (Phi) is 4.11. The highest BCUT2D eigenvalue weighted by molar-refractivity contribution is 5.37. The predicted molar refractivity (Wildman–Crippen MR) is 70.6 cm³/mol. The fourth-order valence-electron chi connectivity index (χ4n) is 2.00. The molecule has 0 aliphatic carbocycles. The molecule has 0 bridgehead atoms. The Balaban J connectivity index is 2.68. The van der Waals surface area contributed by atoms with Gasteiger partial charge < -0.3 is 11.1 Å². The molecule has 0 amide bonds. The third-order valence-electron chi connectivity index (χ3n) is 2.72. The van der Waals surface area contributed by atoms with Gasteiger partial charge in [-0.2, -0.15) is 0 Å². The van der Waals surface area contributed by atoms with Gasteiger partial charge in [-0.1, -0.05) is 17.7 Å². The molecule has 0 aromatic heterocycles. The Labute approximate surface area is 99.2 Å². The normalized spacial score (nSPS) is 11.9. The van der Waals surface area contributed by atoms with E-state index >= 15 is 0 Å². The predicted octanol–water partition coefficient (Wildman–Crippen LogP) is 2.44. The minimum absolute atomic E-state index is 0.146. The van der Waals surface area contributed by atoms with Crippen LogP contribution in [0.3, 0.4) is 0 Å². The summed E-state index contributed by atoms with van der Waals surface area (Å²) in [7, 11) is 0. The van der Waals surface area contributed by atoms with E-state index in [4.69, 9.17) is 5.73 Å². The molecule has 3 N–H and O–H groups in total. The quantitative estimate of drug-likeness (QED) is 0.818. The number of benzene rings is 1. The van der Waals surface area contributed by atoms with Crippen molar-refractivity contribution in [2.45, 2.75) is 46.7 Å². The minimum Gasteiger partial charge on any atom is -0.324 e. The molecule has 0 saturated heterocycles. The molecule has 0 heterocycles. The summed E-state index contributed by atoms with van der Waals surface area (Å²) in [4.78, 5) is 0. The van der Waals surface area contributed by atoms with Crippen LogP contribution in [0.5, 0.6) is 0 Å². The van der Waals surface area contributed by atoms with Gasteiger partial charge in [0, 0.05) is 18.6 Å². The SMILES string of the molecule is Cc1cc(C)c(CNCC(C)(C)N)c(C)c1.